The van der Waals surface area contributed by atoms with Gasteiger partial charge >= 0.3 is 0 Å². The van der Waals surface area contributed by atoms with Crippen LogP contribution in [0.2, 0.25) is 0 Å². The molecule has 0 radical (unpaired) electrons. The van der Waals surface area contributed by atoms with Crippen LogP contribution in [0.15, 0.2) is 24.3 Å². The standard InChI is InChI=1S/C16H25N3/c1-2-6-16(14-19-11-7-17-8-12-19)15(5-1)13-18-9-3-4-10-18/h1-2,5-6,17H,3-4,7-14H2. The van der Waals surface area contributed by atoms with Crippen molar-refractivity contribution in [3.63, 3.8) is 0 Å². The van der Waals surface area contributed by atoms with Gasteiger partial charge in [0.1, 0.15) is 0 Å². The van der Waals surface area contributed by atoms with Gasteiger partial charge in [-0.05, 0) is 37.1 Å². The Morgan fingerprint density at radius 2 is 1.32 bits per heavy atom. The van der Waals surface area contributed by atoms with E-state index in [1.807, 2.05) is 0 Å². The normalized spacial score (nSPS) is 21.9. The van der Waals surface area contributed by atoms with Crippen LogP contribution in [0.25, 0.3) is 0 Å². The minimum Gasteiger partial charge on any atom is -0.314 e. The van der Waals surface area contributed by atoms with E-state index in [-0.39, 0.29) is 0 Å². The Morgan fingerprint density at radius 3 is 1.89 bits per heavy atom. The van der Waals surface area contributed by atoms with Crippen LogP contribution in [0, 0.1) is 0 Å². The van der Waals surface area contributed by atoms with Gasteiger partial charge in [0.2, 0.25) is 0 Å². The Hall–Kier alpha value is -0.900. The molecule has 0 saturated carbocycles. The highest BCUT2D eigenvalue weighted by Gasteiger charge is 2.15. The van der Waals surface area contributed by atoms with Gasteiger partial charge in [-0.1, -0.05) is 24.3 Å². The van der Waals surface area contributed by atoms with Crippen LogP contribution in [0.5, 0.6) is 0 Å². The summed E-state index contributed by atoms with van der Waals surface area (Å²) in [4.78, 5) is 5.16. The van der Waals surface area contributed by atoms with E-state index in [1.165, 1.54) is 50.1 Å². The molecule has 0 unspecified atom stereocenters. The van der Waals surface area contributed by atoms with Crippen molar-refractivity contribution in [2.45, 2.75) is 25.9 Å². The second-order valence-electron chi connectivity index (χ2n) is 5.78. The van der Waals surface area contributed by atoms with Gasteiger partial charge < -0.3 is 5.32 Å². The lowest BCUT2D eigenvalue weighted by molar-refractivity contribution is 0.231. The molecular weight excluding hydrogens is 234 g/mol. The number of rotatable bonds is 4. The van der Waals surface area contributed by atoms with Gasteiger partial charge in [-0.25, -0.2) is 0 Å². The van der Waals surface area contributed by atoms with Crippen LogP contribution >= 0.6 is 0 Å². The summed E-state index contributed by atoms with van der Waals surface area (Å²) in [6.45, 7) is 9.44. The van der Waals surface area contributed by atoms with E-state index >= 15 is 0 Å². The molecule has 1 aromatic rings. The first kappa shape index (κ1) is 13.1. The number of nitrogens with zero attached hydrogens (tertiary/aromatic N) is 2. The smallest absolute Gasteiger partial charge is 0.0238 e. The lowest BCUT2D eigenvalue weighted by atomic mass is 10.1. The van der Waals surface area contributed by atoms with E-state index < -0.39 is 0 Å². The number of nitrogens with one attached hydrogen (secondary N) is 1. The molecular formula is C16H25N3. The summed E-state index contributed by atoms with van der Waals surface area (Å²) < 4.78 is 0. The topological polar surface area (TPSA) is 18.5 Å². The number of benzene rings is 1. The van der Waals surface area contributed by atoms with Gasteiger partial charge in [-0.2, -0.15) is 0 Å². The van der Waals surface area contributed by atoms with Crippen LogP contribution in [0.3, 0.4) is 0 Å². The van der Waals surface area contributed by atoms with Crippen LogP contribution in [-0.2, 0) is 13.1 Å². The highest BCUT2D eigenvalue weighted by Crippen LogP contribution is 2.17. The zero-order chi connectivity index (χ0) is 12.9. The highest BCUT2D eigenvalue weighted by atomic mass is 15.2. The first-order valence-electron chi connectivity index (χ1n) is 7.64. The second kappa shape index (κ2) is 6.51. The minimum atomic E-state index is 1.12. The molecule has 104 valence electrons. The molecule has 0 bridgehead atoms. The molecule has 0 spiro atoms. The van der Waals surface area contributed by atoms with E-state index in [1.54, 1.807) is 0 Å². The molecule has 0 atom stereocenters. The first-order valence-corrected chi connectivity index (χ1v) is 7.64. The summed E-state index contributed by atoms with van der Waals surface area (Å²) in [6, 6.07) is 9.00. The molecule has 1 N–H and O–H groups in total. The number of piperazine rings is 1. The minimum absolute atomic E-state index is 1.12. The van der Waals surface area contributed by atoms with Gasteiger partial charge in [0, 0.05) is 39.3 Å². The van der Waals surface area contributed by atoms with Crippen molar-refractivity contribution in [3.05, 3.63) is 35.4 Å². The van der Waals surface area contributed by atoms with Crippen molar-refractivity contribution >= 4 is 0 Å². The van der Waals surface area contributed by atoms with Crippen LogP contribution < -0.4 is 5.32 Å². The molecule has 0 aliphatic carbocycles. The first-order chi connectivity index (χ1) is 9.42. The third-order valence-corrected chi connectivity index (χ3v) is 4.31. The van der Waals surface area contributed by atoms with E-state index in [0.29, 0.717) is 0 Å². The highest BCUT2D eigenvalue weighted by molar-refractivity contribution is 5.27. The maximum Gasteiger partial charge on any atom is 0.0238 e. The van der Waals surface area contributed by atoms with E-state index in [2.05, 4.69) is 39.4 Å². The Morgan fingerprint density at radius 1 is 0.789 bits per heavy atom. The van der Waals surface area contributed by atoms with Crippen molar-refractivity contribution in [2.24, 2.45) is 0 Å². The van der Waals surface area contributed by atoms with Gasteiger partial charge in [0.15, 0.2) is 0 Å². The lowest BCUT2D eigenvalue weighted by Gasteiger charge is -2.28. The predicted octanol–water partition coefficient (Wildman–Crippen LogP) is 1.69. The van der Waals surface area contributed by atoms with Crippen LogP contribution in [0.1, 0.15) is 24.0 Å². The monoisotopic (exact) mass is 259 g/mol. The SMILES string of the molecule is c1ccc(CN2CCNCC2)c(CN2CCCC2)c1. The molecule has 0 aromatic heterocycles. The van der Waals surface area contributed by atoms with Crippen molar-refractivity contribution in [1.82, 2.24) is 15.1 Å². The number of hydrogen-bond donors (Lipinski definition) is 1. The van der Waals surface area contributed by atoms with E-state index in [4.69, 9.17) is 0 Å². The largest absolute Gasteiger partial charge is 0.314 e. The Bertz CT molecular complexity index is 393. The molecule has 3 nitrogen and oxygen atoms in total. The van der Waals surface area contributed by atoms with Gasteiger partial charge in [-0.3, -0.25) is 9.80 Å². The fourth-order valence-corrected chi connectivity index (χ4v) is 3.16. The third-order valence-electron chi connectivity index (χ3n) is 4.31. The quantitative estimate of drug-likeness (QED) is 0.887. The number of hydrogen-bond acceptors (Lipinski definition) is 3. The Balaban J connectivity index is 1.65. The molecule has 19 heavy (non-hydrogen) atoms. The summed E-state index contributed by atoms with van der Waals surface area (Å²) >= 11 is 0. The van der Waals surface area contributed by atoms with Crippen LogP contribution in [-0.4, -0.2) is 49.1 Å². The lowest BCUT2D eigenvalue weighted by Crippen LogP contribution is -2.43. The molecule has 3 rings (SSSR count). The van der Waals surface area contributed by atoms with Crippen molar-refractivity contribution in [2.75, 3.05) is 39.3 Å². The van der Waals surface area contributed by atoms with Crippen LogP contribution in [0.4, 0.5) is 0 Å². The second-order valence-corrected chi connectivity index (χ2v) is 5.78. The fourth-order valence-electron chi connectivity index (χ4n) is 3.16. The third kappa shape index (κ3) is 3.56. The average Bonchev–Trinajstić information content (AvgIpc) is 2.95. The maximum atomic E-state index is 3.42. The zero-order valence-corrected chi connectivity index (χ0v) is 11.8. The zero-order valence-electron chi connectivity index (χ0n) is 11.8. The molecule has 2 saturated heterocycles. The maximum absolute atomic E-state index is 3.42. The van der Waals surface area contributed by atoms with Crippen molar-refractivity contribution in [1.29, 1.82) is 0 Å². The average molecular weight is 259 g/mol. The molecule has 1 aromatic carbocycles. The fraction of sp³-hybridized carbons (Fsp3) is 0.625. The molecule has 2 aliphatic heterocycles. The molecule has 2 heterocycles. The van der Waals surface area contributed by atoms with Gasteiger partial charge in [0.05, 0.1) is 0 Å². The summed E-state index contributed by atoms with van der Waals surface area (Å²) in [5.74, 6) is 0. The van der Waals surface area contributed by atoms with E-state index in [0.717, 1.165) is 26.2 Å². The molecule has 2 fully saturated rings. The molecule has 3 heteroatoms. The van der Waals surface area contributed by atoms with Gasteiger partial charge in [0.25, 0.3) is 0 Å². The van der Waals surface area contributed by atoms with Crippen molar-refractivity contribution in [3.8, 4) is 0 Å². The molecule has 2 aliphatic rings. The summed E-state index contributed by atoms with van der Waals surface area (Å²) in [5.41, 5.74) is 3.05. The van der Waals surface area contributed by atoms with E-state index in [9.17, 15) is 0 Å². The number of likely N-dealkylation sites (tertiary alicyclic amines) is 1. The Labute approximate surface area is 116 Å². The Kier molecular flexibility index (Phi) is 4.49. The summed E-state index contributed by atoms with van der Waals surface area (Å²) in [6.07, 6.45) is 2.75. The van der Waals surface area contributed by atoms with Gasteiger partial charge in [-0.15, -0.1) is 0 Å². The summed E-state index contributed by atoms with van der Waals surface area (Å²) in [7, 11) is 0. The predicted molar refractivity (Wildman–Crippen MR) is 79.1 cm³/mol. The van der Waals surface area contributed by atoms with Crippen molar-refractivity contribution < 1.29 is 0 Å². The molecule has 0 amide bonds. The summed E-state index contributed by atoms with van der Waals surface area (Å²) in [5, 5.41) is 3.42.